The zero-order chi connectivity index (χ0) is 18.3. The number of aliphatic imine (C=N–C) groups is 2. The molecule has 136 valence electrons. The minimum Gasteiger partial charge on any atom is -0.497 e. The Hall–Kier alpha value is -2.20. The third kappa shape index (κ3) is 2.64. The van der Waals surface area contributed by atoms with Gasteiger partial charge in [0, 0.05) is 12.1 Å². The summed E-state index contributed by atoms with van der Waals surface area (Å²) in [5.41, 5.74) is -0.180. The Bertz CT molecular complexity index is 856. The van der Waals surface area contributed by atoms with Gasteiger partial charge in [-0.15, -0.1) is 5.01 Å². The highest BCUT2D eigenvalue weighted by atomic mass is 35.5. The molecule has 1 fully saturated rings. The smallest absolute Gasteiger partial charge is 0.384 e. The van der Waals surface area contributed by atoms with Crippen molar-refractivity contribution in [2.24, 2.45) is 15.1 Å². The van der Waals surface area contributed by atoms with Crippen molar-refractivity contribution in [3.63, 3.8) is 0 Å². The summed E-state index contributed by atoms with van der Waals surface area (Å²) in [7, 11) is 1.34. The average molecular weight is 383 g/mol. The highest BCUT2D eigenvalue weighted by molar-refractivity contribution is 6.77. The molecule has 10 heteroatoms. The fourth-order valence-corrected chi connectivity index (χ4v) is 3.32. The van der Waals surface area contributed by atoms with Crippen LogP contribution in [0.15, 0.2) is 33.4 Å². The van der Waals surface area contributed by atoms with E-state index in [0.717, 1.165) is 12.1 Å². The van der Waals surface area contributed by atoms with Crippen LogP contribution in [0, 0.1) is 11.6 Å². The number of guanidine groups is 1. The fraction of sp³-hybridized carbons (Fsp3) is 0.312. The van der Waals surface area contributed by atoms with Gasteiger partial charge in [0.1, 0.15) is 17.4 Å². The summed E-state index contributed by atoms with van der Waals surface area (Å²) in [5, 5.41) is 6.27. The van der Waals surface area contributed by atoms with Gasteiger partial charge in [0.2, 0.25) is 0 Å². The molecular weight excluding hydrogens is 368 g/mol. The number of hydrogen-bond donors (Lipinski definition) is 0. The maximum Gasteiger partial charge on any atom is 0.384 e. The summed E-state index contributed by atoms with van der Waals surface area (Å²) < 4.78 is 39.2. The molecule has 3 heterocycles. The number of benzene rings is 1. The highest BCUT2D eigenvalue weighted by Crippen LogP contribution is 2.36. The average Bonchev–Trinajstić information content (AvgIpc) is 3.05. The van der Waals surface area contributed by atoms with Crippen LogP contribution in [-0.2, 0) is 4.74 Å². The maximum atomic E-state index is 14.6. The number of nitrogens with zero attached hydrogens (tertiary/aromatic N) is 5. The molecule has 1 atom stereocenters. The van der Waals surface area contributed by atoms with E-state index in [-0.39, 0.29) is 26.8 Å². The summed E-state index contributed by atoms with van der Waals surface area (Å²) in [6.07, 6.45) is 2.91. The van der Waals surface area contributed by atoms with Crippen molar-refractivity contribution < 1.29 is 23.0 Å². The zero-order valence-electron chi connectivity index (χ0n) is 13.8. The molecule has 1 unspecified atom stereocenters. The maximum absolute atomic E-state index is 14.6. The largest absolute Gasteiger partial charge is 0.497 e. The molecule has 0 spiro atoms. The van der Waals surface area contributed by atoms with Crippen molar-refractivity contribution in [3.8, 4) is 5.75 Å². The number of methoxy groups -OCH3 is 1. The number of quaternary nitrogens is 1. The van der Waals surface area contributed by atoms with Crippen LogP contribution in [0.1, 0.15) is 5.56 Å². The first kappa shape index (κ1) is 17.2. The second-order valence-electron chi connectivity index (χ2n) is 5.79. The van der Waals surface area contributed by atoms with Gasteiger partial charge in [-0.05, 0) is 9.80 Å². The van der Waals surface area contributed by atoms with Crippen LogP contribution < -0.4 is 4.74 Å². The third-order valence-corrected chi connectivity index (χ3v) is 4.65. The van der Waals surface area contributed by atoms with Crippen LogP contribution in [0.3, 0.4) is 0 Å². The summed E-state index contributed by atoms with van der Waals surface area (Å²) in [6.45, 7) is 2.13. The van der Waals surface area contributed by atoms with Crippen LogP contribution in [0.5, 0.6) is 5.75 Å². The number of ether oxygens (including phenoxy) is 2. The molecule has 0 aliphatic carbocycles. The quantitative estimate of drug-likeness (QED) is 0.754. The van der Waals surface area contributed by atoms with Crippen LogP contribution >= 0.6 is 11.6 Å². The Morgan fingerprint density at radius 3 is 2.58 bits per heavy atom. The van der Waals surface area contributed by atoms with Crippen molar-refractivity contribution in [1.29, 1.82) is 0 Å². The van der Waals surface area contributed by atoms with Crippen LogP contribution in [0.2, 0.25) is 0 Å². The van der Waals surface area contributed by atoms with Gasteiger partial charge >= 0.3 is 5.96 Å². The third-order valence-electron chi connectivity index (χ3n) is 4.36. The SMILES string of the molecule is COc1cc(F)c(C2=C[N+]3(N4CCOCC4)N=CN=C3N=C2Cl)c(F)c1. The Morgan fingerprint density at radius 1 is 1.23 bits per heavy atom. The lowest BCUT2D eigenvalue weighted by Crippen LogP contribution is -2.59. The number of allylic oxidation sites excluding steroid dienone is 1. The van der Waals surface area contributed by atoms with Gasteiger partial charge in [-0.1, -0.05) is 11.6 Å². The van der Waals surface area contributed by atoms with E-state index in [1.54, 1.807) is 6.20 Å². The molecule has 0 amide bonds. The normalized spacial score (nSPS) is 25.5. The van der Waals surface area contributed by atoms with Gasteiger partial charge in [-0.25, -0.2) is 8.78 Å². The van der Waals surface area contributed by atoms with Gasteiger partial charge < -0.3 is 9.47 Å². The summed E-state index contributed by atoms with van der Waals surface area (Å²) in [5.74, 6) is -1.21. The van der Waals surface area contributed by atoms with E-state index >= 15 is 0 Å². The van der Waals surface area contributed by atoms with Crippen molar-refractivity contribution in [1.82, 2.24) is 5.01 Å². The van der Waals surface area contributed by atoms with Crippen molar-refractivity contribution in [2.45, 2.75) is 0 Å². The monoisotopic (exact) mass is 382 g/mol. The molecule has 3 aliphatic heterocycles. The van der Waals surface area contributed by atoms with Gasteiger partial charge in [0.05, 0.1) is 44.5 Å². The molecule has 0 aromatic heterocycles. The van der Waals surface area contributed by atoms with Crippen molar-refractivity contribution >= 4 is 34.6 Å². The number of halogens is 3. The van der Waals surface area contributed by atoms with E-state index in [1.807, 2.05) is 5.01 Å². The highest BCUT2D eigenvalue weighted by Gasteiger charge is 2.48. The first-order valence-corrected chi connectivity index (χ1v) is 8.28. The molecule has 3 aliphatic rings. The second-order valence-corrected chi connectivity index (χ2v) is 6.15. The fourth-order valence-electron chi connectivity index (χ4n) is 3.10. The lowest BCUT2D eigenvalue weighted by atomic mass is 10.0. The predicted molar refractivity (Wildman–Crippen MR) is 92.8 cm³/mol. The van der Waals surface area contributed by atoms with E-state index in [0.29, 0.717) is 32.3 Å². The molecule has 7 nitrogen and oxygen atoms in total. The first-order chi connectivity index (χ1) is 12.5. The molecular formula is C16H15ClF2N5O2+. The number of hydrogen-bond acceptors (Lipinski definition) is 6. The van der Waals surface area contributed by atoms with Crippen LogP contribution in [0.25, 0.3) is 5.57 Å². The summed E-state index contributed by atoms with van der Waals surface area (Å²) in [4.78, 5) is 8.38. The molecule has 0 N–H and O–H groups in total. The van der Waals surface area contributed by atoms with Gasteiger partial charge in [-0.2, -0.15) is 9.98 Å². The van der Waals surface area contributed by atoms with E-state index in [9.17, 15) is 8.78 Å². The Kier molecular flexibility index (Phi) is 4.31. The predicted octanol–water partition coefficient (Wildman–Crippen LogP) is 2.34. The number of fused-ring (bicyclic) bond motifs is 1. The van der Waals surface area contributed by atoms with Gasteiger partial charge in [-0.3, -0.25) is 0 Å². The zero-order valence-corrected chi connectivity index (χ0v) is 14.6. The topological polar surface area (TPSA) is 58.8 Å². The minimum atomic E-state index is -0.801. The standard InChI is InChI=1S/C16H15ClF2N5O2/c1-25-10-6-12(18)14(13(19)7-10)11-8-24(23-2-4-26-5-3-23)16(20-9-21-24)22-15(11)17/h6-9H,2-5H2,1H3/q+1. The lowest BCUT2D eigenvalue weighted by molar-refractivity contribution is -0.921. The summed E-state index contributed by atoms with van der Waals surface area (Å²) in [6, 6.07) is 2.19. The molecule has 0 radical (unpaired) electrons. The molecule has 0 bridgehead atoms. The molecule has 0 saturated carbocycles. The molecule has 1 aromatic rings. The number of rotatable bonds is 3. The summed E-state index contributed by atoms with van der Waals surface area (Å²) >= 11 is 6.23. The van der Waals surface area contributed by atoms with Crippen molar-refractivity contribution in [2.75, 3.05) is 33.4 Å². The molecule has 1 aromatic carbocycles. The molecule has 4 rings (SSSR count). The van der Waals surface area contributed by atoms with Gasteiger partial charge in [0.15, 0.2) is 17.7 Å². The number of morpholine rings is 1. The Labute approximate surface area is 153 Å². The lowest BCUT2D eigenvalue weighted by Gasteiger charge is -2.37. The van der Waals surface area contributed by atoms with E-state index in [2.05, 4.69) is 15.1 Å². The minimum absolute atomic E-state index is 0.0563. The van der Waals surface area contributed by atoms with E-state index in [1.165, 1.54) is 13.4 Å². The first-order valence-electron chi connectivity index (χ1n) is 7.90. The second kappa shape index (κ2) is 6.51. The molecule has 1 saturated heterocycles. The van der Waals surface area contributed by atoms with Gasteiger partial charge in [0.25, 0.3) is 0 Å². The van der Waals surface area contributed by atoms with E-state index in [4.69, 9.17) is 21.1 Å². The van der Waals surface area contributed by atoms with Crippen molar-refractivity contribution in [3.05, 3.63) is 35.5 Å². The van der Waals surface area contributed by atoms with E-state index < -0.39 is 11.6 Å². The van der Waals surface area contributed by atoms with Crippen LogP contribution in [0.4, 0.5) is 8.78 Å². The van der Waals surface area contributed by atoms with Crippen LogP contribution in [-0.4, -0.2) is 60.6 Å². The molecule has 26 heavy (non-hydrogen) atoms. The Morgan fingerprint density at radius 2 is 1.92 bits per heavy atom. The Balaban J connectivity index is 1.85.